The second kappa shape index (κ2) is 9.13. The van der Waals surface area contributed by atoms with E-state index < -0.39 is 17.2 Å². The van der Waals surface area contributed by atoms with Crippen LogP contribution < -0.4 is 21.9 Å². The van der Waals surface area contributed by atoms with Crippen molar-refractivity contribution in [3.63, 3.8) is 0 Å². The molecule has 0 aliphatic rings. The highest BCUT2D eigenvalue weighted by molar-refractivity contribution is 7.14. The summed E-state index contributed by atoms with van der Waals surface area (Å²) in [5.74, 6) is -0.324. The molecule has 166 valence electrons. The molecule has 0 saturated heterocycles. The summed E-state index contributed by atoms with van der Waals surface area (Å²) in [6, 6.07) is 0. The van der Waals surface area contributed by atoms with Crippen molar-refractivity contribution in [2.45, 2.75) is 53.5 Å². The summed E-state index contributed by atoms with van der Waals surface area (Å²) in [5.41, 5.74) is 5.24. The lowest BCUT2D eigenvalue weighted by molar-refractivity contribution is 0.0978. The minimum atomic E-state index is -0.708. The van der Waals surface area contributed by atoms with Gasteiger partial charge in [0.25, 0.3) is 11.5 Å². The van der Waals surface area contributed by atoms with Crippen LogP contribution in [0.3, 0.4) is 0 Å². The molecule has 0 bridgehead atoms. The van der Waals surface area contributed by atoms with Gasteiger partial charge in [-0.05, 0) is 12.8 Å². The quantitative estimate of drug-likeness (QED) is 0.684. The van der Waals surface area contributed by atoms with E-state index in [0.29, 0.717) is 17.1 Å². The number of aromatic nitrogens is 3. The SMILES string of the molecule is COCCN(C(=O)c1sc(C(C)(C)C)nc1C)c1c(N)n(CC(C)C)c(=O)[nH]c1=O. The Balaban J connectivity index is 2.64. The number of carbonyl (C=O) groups excluding carboxylic acids is 1. The molecule has 2 heterocycles. The molecule has 3 N–H and O–H groups in total. The second-order valence-corrected chi connectivity index (χ2v) is 9.63. The molecular formula is C20H31N5O4S. The topological polar surface area (TPSA) is 123 Å². The van der Waals surface area contributed by atoms with E-state index >= 15 is 0 Å². The van der Waals surface area contributed by atoms with E-state index in [1.165, 1.54) is 27.9 Å². The van der Waals surface area contributed by atoms with Crippen LogP contribution in [0.1, 0.15) is 55.0 Å². The van der Waals surface area contributed by atoms with Crippen LogP contribution in [0.15, 0.2) is 9.59 Å². The monoisotopic (exact) mass is 437 g/mol. The fraction of sp³-hybridized carbons (Fsp3) is 0.600. The molecule has 30 heavy (non-hydrogen) atoms. The predicted octanol–water partition coefficient (Wildman–Crippen LogP) is 2.13. The first-order valence-corrected chi connectivity index (χ1v) is 10.6. The maximum absolute atomic E-state index is 13.5. The van der Waals surface area contributed by atoms with Gasteiger partial charge in [-0.1, -0.05) is 34.6 Å². The molecule has 0 radical (unpaired) electrons. The van der Waals surface area contributed by atoms with Crippen molar-refractivity contribution in [2.24, 2.45) is 5.92 Å². The molecule has 0 saturated carbocycles. The molecule has 0 aliphatic carbocycles. The number of aromatic amines is 1. The molecule has 9 nitrogen and oxygen atoms in total. The number of H-pyrrole nitrogens is 1. The highest BCUT2D eigenvalue weighted by atomic mass is 32.1. The smallest absolute Gasteiger partial charge is 0.330 e. The highest BCUT2D eigenvalue weighted by Crippen LogP contribution is 2.31. The van der Waals surface area contributed by atoms with Gasteiger partial charge >= 0.3 is 5.69 Å². The number of nitrogens with two attached hydrogens (primary N) is 1. The number of hydrogen-bond acceptors (Lipinski definition) is 7. The molecule has 0 unspecified atom stereocenters. The Morgan fingerprint density at radius 2 is 1.97 bits per heavy atom. The summed E-state index contributed by atoms with van der Waals surface area (Å²) in [6.45, 7) is 12.3. The van der Waals surface area contributed by atoms with E-state index in [2.05, 4.69) is 9.97 Å². The molecule has 1 amide bonds. The minimum absolute atomic E-state index is 0.0416. The van der Waals surface area contributed by atoms with Crippen LogP contribution in [0.2, 0.25) is 0 Å². The van der Waals surface area contributed by atoms with E-state index in [-0.39, 0.29) is 36.0 Å². The zero-order chi connectivity index (χ0) is 22.8. The normalized spacial score (nSPS) is 11.9. The van der Waals surface area contributed by atoms with Gasteiger partial charge in [-0.2, -0.15) is 0 Å². The van der Waals surface area contributed by atoms with Crippen molar-refractivity contribution in [3.8, 4) is 0 Å². The first-order chi connectivity index (χ1) is 13.9. The number of methoxy groups -OCH3 is 1. The largest absolute Gasteiger partial charge is 0.383 e. The number of anilines is 2. The summed E-state index contributed by atoms with van der Waals surface area (Å²) in [6.07, 6.45) is 0. The average molecular weight is 438 g/mol. The van der Waals surface area contributed by atoms with Crippen LogP contribution in [0.25, 0.3) is 0 Å². The average Bonchev–Trinajstić information content (AvgIpc) is 3.02. The van der Waals surface area contributed by atoms with Crippen LogP contribution in [0.5, 0.6) is 0 Å². The molecule has 2 aromatic heterocycles. The van der Waals surface area contributed by atoms with Crippen molar-refractivity contribution in [1.82, 2.24) is 14.5 Å². The fourth-order valence-electron chi connectivity index (χ4n) is 2.92. The van der Waals surface area contributed by atoms with Gasteiger partial charge < -0.3 is 10.5 Å². The molecular weight excluding hydrogens is 406 g/mol. The third kappa shape index (κ3) is 4.99. The van der Waals surface area contributed by atoms with Gasteiger partial charge in [0.1, 0.15) is 10.7 Å². The number of rotatable bonds is 7. The van der Waals surface area contributed by atoms with Gasteiger partial charge in [0, 0.05) is 25.6 Å². The number of carbonyl (C=O) groups is 1. The van der Waals surface area contributed by atoms with Crippen LogP contribution in [0, 0.1) is 12.8 Å². The van der Waals surface area contributed by atoms with Crippen LogP contribution in [-0.2, 0) is 16.7 Å². The van der Waals surface area contributed by atoms with Crippen molar-refractivity contribution in [3.05, 3.63) is 36.4 Å². The molecule has 0 atom stereocenters. The van der Waals surface area contributed by atoms with Crippen molar-refractivity contribution >= 4 is 28.7 Å². The number of amides is 1. The number of thiazole rings is 1. The van der Waals surface area contributed by atoms with E-state index in [9.17, 15) is 14.4 Å². The molecule has 2 rings (SSSR count). The fourth-order valence-corrected chi connectivity index (χ4v) is 3.99. The molecule has 0 fully saturated rings. The predicted molar refractivity (Wildman–Crippen MR) is 120 cm³/mol. The van der Waals surface area contributed by atoms with E-state index in [4.69, 9.17) is 10.5 Å². The summed E-state index contributed by atoms with van der Waals surface area (Å²) in [4.78, 5) is 47.0. The Labute approximate surface area is 179 Å². The van der Waals surface area contributed by atoms with Gasteiger partial charge in [-0.15, -0.1) is 11.3 Å². The Bertz CT molecular complexity index is 1030. The van der Waals surface area contributed by atoms with E-state index in [0.717, 1.165) is 5.01 Å². The lowest BCUT2D eigenvalue weighted by atomic mass is 9.98. The first kappa shape index (κ1) is 23.8. The summed E-state index contributed by atoms with van der Waals surface area (Å²) in [5, 5.41) is 0.821. The standard InChI is InChI=1S/C20H31N5O4S/c1-11(2)10-25-15(21)13(16(26)23-19(25)28)24(8-9-29-7)17(27)14-12(3)22-18(30-14)20(4,5)6/h11H,8-10,21H2,1-7H3,(H,23,26,28). The summed E-state index contributed by atoms with van der Waals surface area (Å²) < 4.78 is 6.43. The molecule has 2 aromatic rings. The zero-order valence-corrected chi connectivity index (χ0v) is 19.5. The van der Waals surface area contributed by atoms with Crippen molar-refractivity contribution < 1.29 is 9.53 Å². The summed E-state index contributed by atoms with van der Waals surface area (Å²) in [7, 11) is 1.51. The van der Waals surface area contributed by atoms with E-state index in [1.807, 2.05) is 34.6 Å². The maximum Gasteiger partial charge on any atom is 0.330 e. The van der Waals surface area contributed by atoms with Crippen molar-refractivity contribution in [1.29, 1.82) is 0 Å². The van der Waals surface area contributed by atoms with Crippen LogP contribution in [0.4, 0.5) is 11.5 Å². The number of nitrogens with one attached hydrogen (secondary N) is 1. The minimum Gasteiger partial charge on any atom is -0.383 e. The molecule has 10 heteroatoms. The summed E-state index contributed by atoms with van der Waals surface area (Å²) >= 11 is 1.30. The molecule has 0 aromatic carbocycles. The Morgan fingerprint density at radius 3 is 2.47 bits per heavy atom. The van der Waals surface area contributed by atoms with Gasteiger partial charge in [0.15, 0.2) is 5.69 Å². The van der Waals surface area contributed by atoms with Crippen LogP contribution >= 0.6 is 11.3 Å². The molecule has 0 aliphatic heterocycles. The Morgan fingerprint density at radius 1 is 1.33 bits per heavy atom. The number of nitrogens with zero attached hydrogens (tertiary/aromatic N) is 3. The van der Waals surface area contributed by atoms with Crippen LogP contribution in [-0.4, -0.2) is 40.7 Å². The number of aryl methyl sites for hydroxylation is 1. The first-order valence-electron chi connectivity index (χ1n) is 9.79. The number of nitrogen functional groups attached to an aromatic ring is 1. The van der Waals surface area contributed by atoms with Gasteiger partial charge in [-0.25, -0.2) is 9.78 Å². The van der Waals surface area contributed by atoms with Crippen molar-refractivity contribution in [2.75, 3.05) is 30.9 Å². The number of hydrogen-bond donors (Lipinski definition) is 2. The maximum atomic E-state index is 13.5. The molecule has 0 spiro atoms. The van der Waals surface area contributed by atoms with Gasteiger partial charge in [0.05, 0.1) is 17.3 Å². The second-order valence-electron chi connectivity index (χ2n) is 8.63. The lowest BCUT2D eigenvalue weighted by Gasteiger charge is -2.24. The number of ether oxygens (including phenoxy) is 1. The Kier molecular flexibility index (Phi) is 7.25. The highest BCUT2D eigenvalue weighted by Gasteiger charge is 2.30. The third-order valence-electron chi connectivity index (χ3n) is 4.43. The third-order valence-corrected chi connectivity index (χ3v) is 6.00. The van der Waals surface area contributed by atoms with Gasteiger partial charge in [-0.3, -0.25) is 24.0 Å². The zero-order valence-electron chi connectivity index (χ0n) is 18.7. The van der Waals surface area contributed by atoms with Gasteiger partial charge in [0.2, 0.25) is 0 Å². The lowest BCUT2D eigenvalue weighted by Crippen LogP contribution is -2.42. The van der Waals surface area contributed by atoms with E-state index in [1.54, 1.807) is 6.92 Å². The Hall–Kier alpha value is -2.46.